The van der Waals surface area contributed by atoms with Crippen LogP contribution >= 0.6 is 0 Å². The third-order valence-corrected chi connectivity index (χ3v) is 3.03. The van der Waals surface area contributed by atoms with Gasteiger partial charge in [-0.05, 0) is 24.6 Å². The molecule has 0 aliphatic carbocycles. The molecule has 2 aromatic rings. The summed E-state index contributed by atoms with van der Waals surface area (Å²) in [6, 6.07) is 9.19. The van der Waals surface area contributed by atoms with E-state index in [-0.39, 0.29) is 11.8 Å². The summed E-state index contributed by atoms with van der Waals surface area (Å²) in [4.78, 5) is 19.4. The second kappa shape index (κ2) is 4.35. The Kier molecular flexibility index (Phi) is 2.67. The van der Waals surface area contributed by atoms with E-state index in [4.69, 9.17) is 9.84 Å². The molecule has 1 unspecified atom stereocenters. The fourth-order valence-corrected chi connectivity index (χ4v) is 2.17. The predicted octanol–water partition coefficient (Wildman–Crippen LogP) is 2.16. The van der Waals surface area contributed by atoms with Gasteiger partial charge in [0.05, 0.1) is 0 Å². The zero-order valence-electron chi connectivity index (χ0n) is 10.3. The van der Waals surface area contributed by atoms with Crippen molar-refractivity contribution < 1.29 is 14.6 Å². The molecule has 0 spiro atoms. The van der Waals surface area contributed by atoms with E-state index in [1.165, 1.54) is 6.07 Å². The molecule has 1 atom stereocenters. The Morgan fingerprint density at radius 2 is 2.16 bits per heavy atom. The van der Waals surface area contributed by atoms with E-state index < -0.39 is 5.97 Å². The maximum atomic E-state index is 11.0. The van der Waals surface area contributed by atoms with E-state index in [1.54, 1.807) is 6.92 Å². The van der Waals surface area contributed by atoms with Crippen molar-refractivity contribution in [2.45, 2.75) is 19.4 Å². The largest absolute Gasteiger partial charge is 0.482 e. The highest BCUT2D eigenvalue weighted by molar-refractivity contribution is 5.85. The summed E-state index contributed by atoms with van der Waals surface area (Å²) in [6.45, 7) is 1.75. The highest BCUT2D eigenvalue weighted by atomic mass is 16.5. The van der Waals surface area contributed by atoms with Gasteiger partial charge in [0.15, 0.2) is 17.6 Å². The number of hydrogen-bond acceptors (Lipinski definition) is 4. The van der Waals surface area contributed by atoms with Crippen molar-refractivity contribution in [1.82, 2.24) is 9.97 Å². The summed E-state index contributed by atoms with van der Waals surface area (Å²) >= 11 is 0. The van der Waals surface area contributed by atoms with Gasteiger partial charge in [0.2, 0.25) is 0 Å². The molecule has 1 aliphatic heterocycles. The molecule has 0 fully saturated rings. The van der Waals surface area contributed by atoms with Gasteiger partial charge < -0.3 is 9.84 Å². The van der Waals surface area contributed by atoms with Gasteiger partial charge in [-0.25, -0.2) is 14.8 Å². The fraction of sp³-hybridized carbons (Fsp3) is 0.214. The van der Waals surface area contributed by atoms with Gasteiger partial charge in [-0.15, -0.1) is 0 Å². The number of rotatable bonds is 2. The number of fused-ring (bicyclic) bond motifs is 1. The van der Waals surface area contributed by atoms with Gasteiger partial charge in [-0.2, -0.15) is 0 Å². The first-order chi connectivity index (χ1) is 9.13. The van der Waals surface area contributed by atoms with Crippen LogP contribution in [0.5, 0.6) is 5.75 Å². The van der Waals surface area contributed by atoms with E-state index in [1.807, 2.05) is 24.3 Å². The van der Waals surface area contributed by atoms with Crippen molar-refractivity contribution in [3.8, 4) is 5.75 Å². The first-order valence-corrected chi connectivity index (χ1v) is 5.97. The van der Waals surface area contributed by atoms with Crippen LogP contribution in [0.25, 0.3) is 0 Å². The van der Waals surface area contributed by atoms with Gasteiger partial charge >= 0.3 is 5.97 Å². The fourth-order valence-electron chi connectivity index (χ4n) is 2.17. The number of aromatic nitrogens is 2. The zero-order valence-corrected chi connectivity index (χ0v) is 10.3. The van der Waals surface area contributed by atoms with E-state index >= 15 is 0 Å². The molecule has 96 valence electrons. The second-order valence-electron chi connectivity index (χ2n) is 4.48. The molecule has 1 aliphatic rings. The minimum atomic E-state index is -1.05. The molecular formula is C14H12N2O3. The molecule has 0 amide bonds. The number of carboxylic acids is 1. The summed E-state index contributed by atoms with van der Waals surface area (Å²) in [5.41, 5.74) is 1.72. The molecule has 3 rings (SSSR count). The van der Waals surface area contributed by atoms with Crippen molar-refractivity contribution in [3.63, 3.8) is 0 Å². The third kappa shape index (κ3) is 2.14. The number of aryl methyl sites for hydroxylation is 1. The normalized spacial score (nSPS) is 16.8. The Morgan fingerprint density at radius 1 is 1.37 bits per heavy atom. The first kappa shape index (κ1) is 11.6. The van der Waals surface area contributed by atoms with E-state index in [0.717, 1.165) is 11.3 Å². The number of nitrogens with zero attached hydrogens (tertiary/aromatic N) is 2. The van der Waals surface area contributed by atoms with E-state index in [2.05, 4.69) is 9.97 Å². The molecule has 0 bridgehead atoms. The molecule has 0 saturated heterocycles. The quantitative estimate of drug-likeness (QED) is 0.891. The molecule has 5 heteroatoms. The highest BCUT2D eigenvalue weighted by Gasteiger charge is 2.27. The van der Waals surface area contributed by atoms with Crippen LogP contribution in [0.3, 0.4) is 0 Å². The number of para-hydroxylation sites is 1. The van der Waals surface area contributed by atoms with E-state index in [9.17, 15) is 4.79 Å². The molecule has 0 radical (unpaired) electrons. The summed E-state index contributed by atoms with van der Waals surface area (Å²) < 4.78 is 5.76. The summed E-state index contributed by atoms with van der Waals surface area (Å²) in [7, 11) is 0. The number of carboxylic acid groups (broad SMARTS) is 1. The molecule has 1 aromatic heterocycles. The van der Waals surface area contributed by atoms with Crippen LogP contribution in [0.2, 0.25) is 0 Å². The lowest BCUT2D eigenvalue weighted by molar-refractivity contribution is 0.0689. The van der Waals surface area contributed by atoms with Gasteiger partial charge in [0, 0.05) is 12.1 Å². The van der Waals surface area contributed by atoms with Crippen LogP contribution in [-0.4, -0.2) is 21.0 Å². The summed E-state index contributed by atoms with van der Waals surface area (Å²) in [6.07, 6.45) is 0.356. The van der Waals surface area contributed by atoms with Crippen LogP contribution in [-0.2, 0) is 6.42 Å². The highest BCUT2D eigenvalue weighted by Crippen LogP contribution is 2.35. The Hall–Kier alpha value is -2.43. The predicted molar refractivity (Wildman–Crippen MR) is 67.2 cm³/mol. The minimum absolute atomic E-state index is 0.00190. The number of benzene rings is 1. The van der Waals surface area contributed by atoms with Crippen molar-refractivity contribution in [2.75, 3.05) is 0 Å². The van der Waals surface area contributed by atoms with Crippen molar-refractivity contribution in [3.05, 3.63) is 53.1 Å². The SMILES string of the molecule is Cc1cc(C(=O)O)nc(C2Cc3ccccc3O2)n1. The Bertz CT molecular complexity index is 630. The number of carbonyl (C=O) groups is 1. The lowest BCUT2D eigenvalue weighted by atomic mass is 10.1. The van der Waals surface area contributed by atoms with Crippen LogP contribution in [0.1, 0.15) is 33.7 Å². The lowest BCUT2D eigenvalue weighted by Crippen LogP contribution is -2.13. The Balaban J connectivity index is 1.95. The maximum absolute atomic E-state index is 11.0. The van der Waals surface area contributed by atoms with Crippen LogP contribution in [0, 0.1) is 6.92 Å². The first-order valence-electron chi connectivity index (χ1n) is 5.97. The van der Waals surface area contributed by atoms with Crippen molar-refractivity contribution in [1.29, 1.82) is 0 Å². The molecule has 5 nitrogen and oxygen atoms in total. The number of hydrogen-bond donors (Lipinski definition) is 1. The molecular weight excluding hydrogens is 244 g/mol. The molecule has 19 heavy (non-hydrogen) atoms. The average Bonchev–Trinajstić information content (AvgIpc) is 2.81. The number of ether oxygens (including phenoxy) is 1. The Labute approximate surface area is 109 Å². The van der Waals surface area contributed by atoms with Crippen molar-refractivity contribution in [2.24, 2.45) is 0 Å². The van der Waals surface area contributed by atoms with Crippen LogP contribution < -0.4 is 4.74 Å². The molecule has 1 N–H and O–H groups in total. The Morgan fingerprint density at radius 3 is 2.89 bits per heavy atom. The van der Waals surface area contributed by atoms with Gasteiger partial charge in [-0.1, -0.05) is 18.2 Å². The average molecular weight is 256 g/mol. The molecule has 0 saturated carbocycles. The zero-order chi connectivity index (χ0) is 13.4. The van der Waals surface area contributed by atoms with Gasteiger partial charge in [0.25, 0.3) is 0 Å². The standard InChI is InChI=1S/C14H12N2O3/c1-8-6-10(14(17)18)16-13(15-8)12-7-9-4-2-3-5-11(9)19-12/h2-6,12H,7H2,1H3,(H,17,18). The third-order valence-electron chi connectivity index (χ3n) is 3.03. The number of aromatic carboxylic acids is 1. The monoisotopic (exact) mass is 256 g/mol. The topological polar surface area (TPSA) is 72.3 Å². The molecule has 2 heterocycles. The van der Waals surface area contributed by atoms with Crippen LogP contribution in [0.4, 0.5) is 0 Å². The minimum Gasteiger partial charge on any atom is -0.482 e. The molecule has 1 aromatic carbocycles. The van der Waals surface area contributed by atoms with Gasteiger partial charge in [0.1, 0.15) is 5.75 Å². The second-order valence-corrected chi connectivity index (χ2v) is 4.48. The smallest absolute Gasteiger partial charge is 0.354 e. The van der Waals surface area contributed by atoms with Gasteiger partial charge in [-0.3, -0.25) is 0 Å². The van der Waals surface area contributed by atoms with Crippen LogP contribution in [0.15, 0.2) is 30.3 Å². The maximum Gasteiger partial charge on any atom is 0.354 e. The summed E-state index contributed by atoms with van der Waals surface area (Å²) in [5, 5.41) is 9.02. The van der Waals surface area contributed by atoms with E-state index in [0.29, 0.717) is 17.9 Å². The summed E-state index contributed by atoms with van der Waals surface area (Å²) in [5.74, 6) is 0.186. The lowest BCUT2D eigenvalue weighted by Gasteiger charge is -2.10. The van der Waals surface area contributed by atoms with Crippen molar-refractivity contribution >= 4 is 5.97 Å².